The van der Waals surface area contributed by atoms with E-state index in [1.165, 1.54) is 22.0 Å². The normalized spacial score (nSPS) is 19.7. The summed E-state index contributed by atoms with van der Waals surface area (Å²) in [5.41, 5.74) is 3.82. The van der Waals surface area contributed by atoms with Crippen molar-refractivity contribution in [2.75, 3.05) is 19.0 Å². The lowest BCUT2D eigenvalue weighted by Crippen LogP contribution is -2.39. The Hall–Kier alpha value is -1.58. The molecule has 0 fully saturated rings. The van der Waals surface area contributed by atoms with Gasteiger partial charge in [-0.2, -0.15) is 5.19 Å². The van der Waals surface area contributed by atoms with Crippen LogP contribution >= 0.6 is 0 Å². The van der Waals surface area contributed by atoms with Gasteiger partial charge in [0.25, 0.3) is 0 Å². The molecule has 0 N–H and O–H groups in total. The summed E-state index contributed by atoms with van der Waals surface area (Å²) in [5, 5.41) is 1.43. The Balaban J connectivity index is 2.07. The highest BCUT2D eigenvalue weighted by Gasteiger charge is 2.30. The second-order valence-corrected chi connectivity index (χ2v) is 9.88. The van der Waals surface area contributed by atoms with Crippen molar-refractivity contribution in [1.29, 1.82) is 0 Å². The lowest BCUT2D eigenvalue weighted by molar-refractivity contribution is 0.259. The van der Waals surface area contributed by atoms with Crippen LogP contribution in [0.2, 0.25) is 13.1 Å². The summed E-state index contributed by atoms with van der Waals surface area (Å²) in [4.78, 5) is 2.13. The first kappa shape index (κ1) is 13.4. The first-order valence-corrected chi connectivity index (χ1v) is 9.94. The van der Waals surface area contributed by atoms with Gasteiger partial charge >= 0.3 is 0 Å². The predicted molar refractivity (Wildman–Crippen MR) is 87.3 cm³/mol. The van der Waals surface area contributed by atoms with E-state index in [-0.39, 0.29) is 6.10 Å². The van der Waals surface area contributed by atoms with Crippen molar-refractivity contribution in [3.63, 3.8) is 0 Å². The molecule has 20 heavy (non-hydrogen) atoms. The van der Waals surface area contributed by atoms with E-state index in [4.69, 9.17) is 4.43 Å². The average molecular weight is 283 g/mol. The standard InChI is InChI=1S/C17H21NOSi/c1-18(2)14-9-7-8-13(12-14)17-15-10-5-6-11-16(15)20(3,4)19-17/h5-12,17H,1-4H3/q-1. The fourth-order valence-corrected chi connectivity index (χ4v) is 5.30. The van der Waals surface area contributed by atoms with Gasteiger partial charge in [-0.15, -0.1) is 13.1 Å². The molecule has 3 rings (SSSR count). The van der Waals surface area contributed by atoms with E-state index in [1.54, 1.807) is 0 Å². The number of fused-ring (bicyclic) bond motifs is 1. The van der Waals surface area contributed by atoms with E-state index in [9.17, 15) is 0 Å². The van der Waals surface area contributed by atoms with Crippen LogP contribution < -0.4 is 10.1 Å². The van der Waals surface area contributed by atoms with Crippen LogP contribution in [-0.2, 0) is 4.43 Å². The first-order chi connectivity index (χ1) is 9.49. The molecule has 0 saturated heterocycles. The van der Waals surface area contributed by atoms with Crippen LogP contribution in [0.3, 0.4) is 0 Å². The van der Waals surface area contributed by atoms with Crippen LogP contribution in [0.25, 0.3) is 0 Å². The number of hydrogen-bond donors (Lipinski definition) is 0. The van der Waals surface area contributed by atoms with Crippen molar-refractivity contribution < 1.29 is 4.43 Å². The Morgan fingerprint density at radius 3 is 2.50 bits per heavy atom. The Morgan fingerprint density at radius 1 is 1.00 bits per heavy atom. The van der Waals surface area contributed by atoms with Crippen LogP contribution in [-0.4, -0.2) is 22.4 Å². The molecule has 1 atom stereocenters. The molecule has 1 aliphatic rings. The van der Waals surface area contributed by atoms with Gasteiger partial charge in [0.15, 0.2) is 0 Å². The zero-order chi connectivity index (χ0) is 14.3. The fraction of sp³-hybridized carbons (Fsp3) is 0.294. The van der Waals surface area contributed by atoms with E-state index in [1.807, 2.05) is 0 Å². The molecule has 0 amide bonds. The Bertz CT molecular complexity index is 636. The molecule has 3 heteroatoms. The van der Waals surface area contributed by atoms with Gasteiger partial charge in [-0.05, 0) is 23.3 Å². The SMILES string of the molecule is CN(C)c1cccc(C2O[Si-](C)(C)c3ccccc32)c1. The third-order valence-electron chi connectivity index (χ3n) is 3.99. The van der Waals surface area contributed by atoms with Crippen LogP contribution in [0.1, 0.15) is 17.2 Å². The van der Waals surface area contributed by atoms with Gasteiger partial charge in [0.05, 0.1) is 6.10 Å². The third kappa shape index (κ3) is 2.17. The molecule has 2 aromatic rings. The van der Waals surface area contributed by atoms with Gasteiger partial charge in [0.2, 0.25) is 0 Å². The quantitative estimate of drug-likeness (QED) is 0.784. The summed E-state index contributed by atoms with van der Waals surface area (Å²) in [6.45, 7) is 4.56. The number of benzene rings is 2. The molecule has 0 aromatic heterocycles. The minimum atomic E-state index is -1.76. The minimum absolute atomic E-state index is 0.0905. The molecule has 0 aliphatic carbocycles. The van der Waals surface area contributed by atoms with E-state index in [0.717, 1.165) is 0 Å². The Kier molecular flexibility index (Phi) is 3.19. The van der Waals surface area contributed by atoms with Crippen molar-refractivity contribution in [1.82, 2.24) is 0 Å². The van der Waals surface area contributed by atoms with Gasteiger partial charge in [0, 0.05) is 28.1 Å². The molecule has 0 radical (unpaired) electrons. The highest BCUT2D eigenvalue weighted by Crippen LogP contribution is 2.36. The summed E-state index contributed by atoms with van der Waals surface area (Å²) in [6, 6.07) is 17.3. The lowest BCUT2D eigenvalue weighted by Gasteiger charge is -2.31. The molecule has 0 saturated carbocycles. The molecular formula is C17H21NOSi-. The molecule has 105 valence electrons. The number of hydrogen-bond acceptors (Lipinski definition) is 2. The van der Waals surface area contributed by atoms with Gasteiger partial charge in [-0.3, -0.25) is 0 Å². The van der Waals surface area contributed by atoms with Gasteiger partial charge < -0.3 is 9.33 Å². The highest BCUT2D eigenvalue weighted by atomic mass is 28.4. The smallest absolute Gasteiger partial charge is 0.0654 e. The maximum absolute atomic E-state index is 6.46. The largest absolute Gasteiger partial charge is 0.552 e. The van der Waals surface area contributed by atoms with Crippen molar-refractivity contribution in [2.24, 2.45) is 0 Å². The topological polar surface area (TPSA) is 12.5 Å². The molecule has 1 aliphatic heterocycles. The molecule has 0 bridgehead atoms. The summed E-state index contributed by atoms with van der Waals surface area (Å²) in [6.07, 6.45) is 0.0905. The summed E-state index contributed by atoms with van der Waals surface area (Å²) in [7, 11) is 2.38. The summed E-state index contributed by atoms with van der Waals surface area (Å²) in [5.74, 6) is 0. The monoisotopic (exact) mass is 283 g/mol. The van der Waals surface area contributed by atoms with Gasteiger partial charge in [0.1, 0.15) is 0 Å². The molecule has 2 aromatic carbocycles. The number of rotatable bonds is 2. The second-order valence-electron chi connectivity index (χ2n) is 6.08. The van der Waals surface area contributed by atoms with Gasteiger partial charge in [-0.25, -0.2) is 0 Å². The molecule has 1 heterocycles. The minimum Gasteiger partial charge on any atom is -0.552 e. The second kappa shape index (κ2) is 4.76. The van der Waals surface area contributed by atoms with Crippen LogP contribution in [0, 0.1) is 0 Å². The average Bonchev–Trinajstić information content (AvgIpc) is 2.72. The Morgan fingerprint density at radius 2 is 1.75 bits per heavy atom. The third-order valence-corrected chi connectivity index (χ3v) is 6.57. The highest BCUT2D eigenvalue weighted by molar-refractivity contribution is 6.85. The van der Waals surface area contributed by atoms with Crippen LogP contribution in [0.4, 0.5) is 5.69 Å². The van der Waals surface area contributed by atoms with Crippen LogP contribution in [0.5, 0.6) is 0 Å². The van der Waals surface area contributed by atoms with E-state index < -0.39 is 8.32 Å². The van der Waals surface area contributed by atoms with Crippen LogP contribution in [0.15, 0.2) is 48.5 Å². The van der Waals surface area contributed by atoms with Crippen molar-refractivity contribution in [2.45, 2.75) is 19.2 Å². The van der Waals surface area contributed by atoms with E-state index in [2.05, 4.69) is 80.6 Å². The molecule has 1 unspecified atom stereocenters. The maximum Gasteiger partial charge on any atom is 0.0654 e. The zero-order valence-electron chi connectivity index (χ0n) is 12.6. The summed E-state index contributed by atoms with van der Waals surface area (Å²) >= 11 is 0. The Labute approximate surface area is 122 Å². The molecular weight excluding hydrogens is 262 g/mol. The van der Waals surface area contributed by atoms with E-state index >= 15 is 0 Å². The predicted octanol–water partition coefficient (Wildman–Crippen LogP) is 3.28. The molecule has 0 spiro atoms. The maximum atomic E-state index is 6.46. The number of anilines is 1. The van der Waals surface area contributed by atoms with Crippen molar-refractivity contribution in [3.8, 4) is 0 Å². The van der Waals surface area contributed by atoms with E-state index in [0.29, 0.717) is 0 Å². The zero-order valence-corrected chi connectivity index (χ0v) is 13.6. The number of nitrogens with zero attached hydrogens (tertiary/aromatic N) is 1. The van der Waals surface area contributed by atoms with Crippen molar-refractivity contribution in [3.05, 3.63) is 59.7 Å². The summed E-state index contributed by atoms with van der Waals surface area (Å²) < 4.78 is 6.46. The lowest BCUT2D eigenvalue weighted by atomic mass is 10.0. The first-order valence-electron chi connectivity index (χ1n) is 7.03. The fourth-order valence-electron chi connectivity index (χ4n) is 2.91. The van der Waals surface area contributed by atoms with Crippen molar-refractivity contribution >= 4 is 19.2 Å². The van der Waals surface area contributed by atoms with Gasteiger partial charge in [-0.1, -0.05) is 36.4 Å². The molecule has 2 nitrogen and oxygen atoms in total.